The van der Waals surface area contributed by atoms with Gasteiger partial charge in [0.05, 0.1) is 11.0 Å². The largest absolute Gasteiger partial charge is 0.363 e. The molecule has 1 aromatic carbocycles. The number of imidazole rings is 1. The third-order valence-electron chi connectivity index (χ3n) is 3.34. The van der Waals surface area contributed by atoms with Gasteiger partial charge in [-0.1, -0.05) is 18.2 Å². The Morgan fingerprint density at radius 3 is 2.74 bits per heavy atom. The number of rotatable bonds is 4. The third kappa shape index (κ3) is 3.57. The number of hydrogen-bond acceptors (Lipinski definition) is 4. The molecule has 0 bridgehead atoms. The Bertz CT molecular complexity index is 776. The molecule has 7 nitrogen and oxygen atoms in total. The van der Waals surface area contributed by atoms with E-state index < -0.39 is 0 Å². The van der Waals surface area contributed by atoms with Gasteiger partial charge in [-0.15, -0.1) is 0 Å². The highest BCUT2D eigenvalue weighted by Crippen LogP contribution is 2.13. The maximum atomic E-state index is 11.9. The Balaban J connectivity index is 1.56. The van der Waals surface area contributed by atoms with Crippen LogP contribution in [0.25, 0.3) is 11.0 Å². The molecule has 3 aromatic rings. The number of pyridine rings is 1. The second-order valence-corrected chi connectivity index (χ2v) is 5.33. The van der Waals surface area contributed by atoms with Gasteiger partial charge in [0.1, 0.15) is 5.82 Å². The van der Waals surface area contributed by atoms with Gasteiger partial charge in [0.25, 0.3) is 0 Å². The van der Waals surface area contributed by atoms with E-state index in [1.807, 2.05) is 55.4 Å². The zero-order valence-electron chi connectivity index (χ0n) is 13.0. The molecule has 7 heteroatoms. The number of H-pyrrole nitrogens is 1. The summed E-state index contributed by atoms with van der Waals surface area (Å²) in [5, 5.41) is 5.46. The van der Waals surface area contributed by atoms with Crippen molar-refractivity contribution in [3.63, 3.8) is 0 Å². The van der Waals surface area contributed by atoms with Crippen molar-refractivity contribution in [2.45, 2.75) is 6.54 Å². The number of carbonyl (C=O) groups is 1. The summed E-state index contributed by atoms with van der Waals surface area (Å²) in [5.74, 6) is 1.30. The number of carbonyl (C=O) groups excluding carboxylic acids is 1. The summed E-state index contributed by atoms with van der Waals surface area (Å²) < 4.78 is 0. The van der Waals surface area contributed by atoms with Crippen LogP contribution in [0.3, 0.4) is 0 Å². The van der Waals surface area contributed by atoms with E-state index in [9.17, 15) is 4.79 Å². The van der Waals surface area contributed by atoms with Crippen molar-refractivity contribution in [1.29, 1.82) is 0 Å². The third-order valence-corrected chi connectivity index (χ3v) is 3.34. The predicted octanol–water partition coefficient (Wildman–Crippen LogP) is 2.35. The van der Waals surface area contributed by atoms with Gasteiger partial charge in [0, 0.05) is 26.8 Å². The monoisotopic (exact) mass is 310 g/mol. The van der Waals surface area contributed by atoms with Gasteiger partial charge < -0.3 is 15.2 Å². The summed E-state index contributed by atoms with van der Waals surface area (Å²) in [4.78, 5) is 25.5. The van der Waals surface area contributed by atoms with Crippen LogP contribution in [-0.4, -0.2) is 35.1 Å². The number of nitrogens with zero attached hydrogens (tertiary/aromatic N) is 3. The predicted molar refractivity (Wildman–Crippen MR) is 90.5 cm³/mol. The Hall–Kier alpha value is -3.09. The lowest BCUT2D eigenvalue weighted by molar-refractivity contribution is 0.251. The average Bonchev–Trinajstić information content (AvgIpc) is 2.95. The zero-order valence-corrected chi connectivity index (χ0v) is 13.0. The van der Waals surface area contributed by atoms with Crippen molar-refractivity contribution >= 4 is 28.8 Å². The van der Waals surface area contributed by atoms with Gasteiger partial charge >= 0.3 is 6.03 Å². The minimum Gasteiger partial charge on any atom is -0.363 e. The van der Waals surface area contributed by atoms with Crippen LogP contribution in [0.5, 0.6) is 0 Å². The molecule has 0 saturated carbocycles. The molecule has 0 saturated heterocycles. The van der Waals surface area contributed by atoms with Crippen molar-refractivity contribution in [2.75, 3.05) is 24.3 Å². The number of anilines is 2. The number of amides is 2. The Morgan fingerprint density at radius 1 is 1.22 bits per heavy atom. The van der Waals surface area contributed by atoms with Crippen LogP contribution >= 0.6 is 0 Å². The van der Waals surface area contributed by atoms with Crippen molar-refractivity contribution in [2.24, 2.45) is 0 Å². The first-order valence-electron chi connectivity index (χ1n) is 7.23. The minimum absolute atomic E-state index is 0.319. The van der Waals surface area contributed by atoms with Crippen LogP contribution in [0, 0.1) is 0 Å². The molecule has 0 radical (unpaired) electrons. The number of para-hydroxylation sites is 2. The number of urea groups is 1. The van der Waals surface area contributed by atoms with Crippen molar-refractivity contribution < 1.29 is 4.79 Å². The molecule has 23 heavy (non-hydrogen) atoms. The molecule has 3 rings (SSSR count). The SMILES string of the molecule is CN(C)c1ccc(CNC(=O)Nc2nc3ccccc3[nH]2)cn1. The number of aromatic amines is 1. The fourth-order valence-electron chi connectivity index (χ4n) is 2.13. The molecule has 0 aliphatic carbocycles. The molecule has 0 spiro atoms. The fourth-order valence-corrected chi connectivity index (χ4v) is 2.13. The van der Waals surface area contributed by atoms with Gasteiger partial charge in [0.2, 0.25) is 5.95 Å². The fraction of sp³-hybridized carbons (Fsp3) is 0.188. The summed E-state index contributed by atoms with van der Waals surface area (Å²) in [7, 11) is 3.86. The summed E-state index contributed by atoms with van der Waals surface area (Å²) >= 11 is 0. The molecular weight excluding hydrogens is 292 g/mol. The smallest absolute Gasteiger partial charge is 0.321 e. The maximum absolute atomic E-state index is 11.9. The van der Waals surface area contributed by atoms with Crippen molar-refractivity contribution in [3.05, 3.63) is 48.2 Å². The van der Waals surface area contributed by atoms with E-state index in [4.69, 9.17) is 0 Å². The Labute approximate surface area is 133 Å². The molecule has 3 N–H and O–H groups in total. The second-order valence-electron chi connectivity index (χ2n) is 5.33. The first-order chi connectivity index (χ1) is 11.1. The summed E-state index contributed by atoms with van der Waals surface area (Å²) in [6, 6.07) is 11.1. The van der Waals surface area contributed by atoms with E-state index in [-0.39, 0.29) is 6.03 Å². The van der Waals surface area contributed by atoms with E-state index >= 15 is 0 Å². The number of benzene rings is 1. The molecular formula is C16H18N6O. The Morgan fingerprint density at radius 2 is 2.04 bits per heavy atom. The molecule has 2 aromatic heterocycles. The zero-order chi connectivity index (χ0) is 16.2. The van der Waals surface area contributed by atoms with Crippen LogP contribution in [-0.2, 0) is 6.54 Å². The van der Waals surface area contributed by atoms with Crippen LogP contribution < -0.4 is 15.5 Å². The summed E-state index contributed by atoms with van der Waals surface area (Å²) in [6.07, 6.45) is 1.75. The highest BCUT2D eigenvalue weighted by Gasteiger charge is 2.06. The maximum Gasteiger partial charge on any atom is 0.321 e. The second kappa shape index (κ2) is 6.35. The van der Waals surface area contributed by atoms with Gasteiger partial charge in [-0.3, -0.25) is 5.32 Å². The molecule has 0 aliphatic heterocycles. The van der Waals surface area contributed by atoms with E-state index in [1.165, 1.54) is 0 Å². The van der Waals surface area contributed by atoms with Gasteiger partial charge in [0.15, 0.2) is 0 Å². The van der Waals surface area contributed by atoms with Crippen LogP contribution in [0.2, 0.25) is 0 Å². The topological polar surface area (TPSA) is 85.9 Å². The van der Waals surface area contributed by atoms with Crippen LogP contribution in [0.15, 0.2) is 42.6 Å². The molecule has 118 valence electrons. The first-order valence-corrected chi connectivity index (χ1v) is 7.23. The number of aromatic nitrogens is 3. The minimum atomic E-state index is -0.319. The lowest BCUT2D eigenvalue weighted by Crippen LogP contribution is -2.28. The van der Waals surface area contributed by atoms with E-state index in [2.05, 4.69) is 25.6 Å². The molecule has 0 atom stereocenters. The normalized spacial score (nSPS) is 10.5. The van der Waals surface area contributed by atoms with Crippen molar-refractivity contribution in [1.82, 2.24) is 20.3 Å². The molecule has 2 heterocycles. The van der Waals surface area contributed by atoms with Crippen LogP contribution in [0.1, 0.15) is 5.56 Å². The average molecular weight is 310 g/mol. The van der Waals surface area contributed by atoms with Gasteiger partial charge in [-0.05, 0) is 23.8 Å². The molecule has 0 unspecified atom stereocenters. The number of hydrogen-bond donors (Lipinski definition) is 3. The highest BCUT2D eigenvalue weighted by atomic mass is 16.2. The summed E-state index contributed by atoms with van der Waals surface area (Å²) in [6.45, 7) is 0.396. The number of fused-ring (bicyclic) bond motifs is 1. The first kappa shape index (κ1) is 14.8. The standard InChI is InChI=1S/C16H18N6O/c1-22(2)14-8-7-11(9-17-14)10-18-16(23)21-15-19-12-5-3-4-6-13(12)20-15/h3-9H,10H2,1-2H3,(H3,18,19,20,21,23). The molecule has 0 aliphatic rings. The van der Waals surface area contributed by atoms with Crippen molar-refractivity contribution in [3.8, 4) is 0 Å². The van der Waals surface area contributed by atoms with E-state index in [0.717, 1.165) is 22.4 Å². The number of nitrogens with one attached hydrogen (secondary N) is 3. The highest BCUT2D eigenvalue weighted by molar-refractivity contribution is 5.89. The van der Waals surface area contributed by atoms with E-state index in [0.29, 0.717) is 12.5 Å². The summed E-state index contributed by atoms with van der Waals surface area (Å²) in [5.41, 5.74) is 2.62. The van der Waals surface area contributed by atoms with Gasteiger partial charge in [-0.2, -0.15) is 0 Å². The lowest BCUT2D eigenvalue weighted by atomic mass is 10.3. The Kier molecular flexibility index (Phi) is 4.09. The lowest BCUT2D eigenvalue weighted by Gasteiger charge is -2.11. The van der Waals surface area contributed by atoms with Gasteiger partial charge in [-0.25, -0.2) is 14.8 Å². The van der Waals surface area contributed by atoms with Crippen LogP contribution in [0.4, 0.5) is 16.6 Å². The molecule has 0 fully saturated rings. The molecule has 2 amide bonds. The van der Waals surface area contributed by atoms with E-state index in [1.54, 1.807) is 6.20 Å². The quantitative estimate of drug-likeness (QED) is 0.690.